The molecular formula is C20H24N2O5. The second-order valence-corrected chi connectivity index (χ2v) is 5.71. The van der Waals surface area contributed by atoms with Crippen LogP contribution in [0.5, 0.6) is 11.5 Å². The Bertz CT molecular complexity index is 792. The zero-order valence-corrected chi connectivity index (χ0v) is 15.7. The molecule has 0 atom stereocenters. The fraction of sp³-hybridized carbons (Fsp3) is 0.300. The van der Waals surface area contributed by atoms with Gasteiger partial charge in [-0.3, -0.25) is 9.59 Å². The van der Waals surface area contributed by atoms with E-state index in [0.717, 1.165) is 6.42 Å². The number of benzene rings is 2. The Morgan fingerprint density at radius 1 is 0.889 bits per heavy atom. The molecule has 0 radical (unpaired) electrons. The van der Waals surface area contributed by atoms with Crippen LogP contribution in [0.25, 0.3) is 0 Å². The summed E-state index contributed by atoms with van der Waals surface area (Å²) >= 11 is 0. The van der Waals surface area contributed by atoms with E-state index >= 15 is 0 Å². The quantitative estimate of drug-likeness (QED) is 0.661. The van der Waals surface area contributed by atoms with Crippen LogP contribution in [0, 0.1) is 0 Å². The maximum Gasteiger partial charge on any atom is 0.255 e. The molecule has 2 amide bonds. The van der Waals surface area contributed by atoms with Crippen LogP contribution in [0.2, 0.25) is 0 Å². The van der Waals surface area contributed by atoms with Crippen molar-refractivity contribution < 1.29 is 23.8 Å². The third-order valence-corrected chi connectivity index (χ3v) is 3.84. The van der Waals surface area contributed by atoms with Crippen LogP contribution >= 0.6 is 0 Å². The third kappa shape index (κ3) is 5.72. The maximum absolute atomic E-state index is 12.5. The minimum Gasteiger partial charge on any atom is -0.493 e. The van der Waals surface area contributed by atoms with Crippen LogP contribution in [0.1, 0.15) is 27.1 Å². The highest BCUT2D eigenvalue weighted by molar-refractivity contribution is 6.06. The van der Waals surface area contributed by atoms with E-state index in [4.69, 9.17) is 14.2 Å². The standard InChI is InChI=1S/C20H24N2O5/c1-25-11-5-10-21-19(23)14-6-4-7-15(12-14)20(24)22-16-8-9-17(26-2)18(13-16)27-3/h4,6-9,12-13H,5,10-11H2,1-3H3,(H,21,23)(H,22,24). The highest BCUT2D eigenvalue weighted by Gasteiger charge is 2.12. The van der Waals surface area contributed by atoms with Crippen LogP contribution in [0.3, 0.4) is 0 Å². The number of anilines is 1. The van der Waals surface area contributed by atoms with Crippen LogP contribution in [0.4, 0.5) is 5.69 Å². The molecule has 27 heavy (non-hydrogen) atoms. The summed E-state index contributed by atoms with van der Waals surface area (Å²) in [4.78, 5) is 24.7. The number of hydrogen-bond acceptors (Lipinski definition) is 5. The van der Waals surface area contributed by atoms with Crippen LogP contribution < -0.4 is 20.1 Å². The fourth-order valence-electron chi connectivity index (χ4n) is 2.44. The molecule has 0 bridgehead atoms. The van der Waals surface area contributed by atoms with E-state index in [1.807, 2.05) is 0 Å². The van der Waals surface area contributed by atoms with Gasteiger partial charge in [-0.1, -0.05) is 6.07 Å². The zero-order chi connectivity index (χ0) is 19.6. The Hall–Kier alpha value is -3.06. The minimum atomic E-state index is -0.323. The van der Waals surface area contributed by atoms with Gasteiger partial charge in [0.05, 0.1) is 14.2 Å². The first-order valence-electron chi connectivity index (χ1n) is 8.49. The molecule has 0 aliphatic heterocycles. The molecule has 2 N–H and O–H groups in total. The molecule has 7 heteroatoms. The van der Waals surface area contributed by atoms with Crippen molar-refractivity contribution in [3.8, 4) is 11.5 Å². The zero-order valence-electron chi connectivity index (χ0n) is 15.7. The van der Waals surface area contributed by atoms with Gasteiger partial charge in [-0.15, -0.1) is 0 Å². The van der Waals surface area contributed by atoms with Gasteiger partial charge >= 0.3 is 0 Å². The normalized spacial score (nSPS) is 10.2. The highest BCUT2D eigenvalue weighted by atomic mass is 16.5. The Labute approximate surface area is 158 Å². The Morgan fingerprint density at radius 3 is 2.26 bits per heavy atom. The molecule has 0 aliphatic carbocycles. The summed E-state index contributed by atoms with van der Waals surface area (Å²) in [6.45, 7) is 1.09. The molecule has 7 nitrogen and oxygen atoms in total. The molecule has 0 spiro atoms. The second-order valence-electron chi connectivity index (χ2n) is 5.71. The van der Waals surface area contributed by atoms with Gasteiger partial charge in [0.25, 0.3) is 11.8 Å². The molecule has 0 heterocycles. The van der Waals surface area contributed by atoms with E-state index < -0.39 is 0 Å². The van der Waals surface area contributed by atoms with Gasteiger partial charge in [-0.05, 0) is 36.8 Å². The van der Waals surface area contributed by atoms with E-state index in [0.29, 0.717) is 41.5 Å². The molecule has 2 aromatic carbocycles. The number of amides is 2. The smallest absolute Gasteiger partial charge is 0.255 e. The summed E-state index contributed by atoms with van der Waals surface area (Å²) in [5, 5.41) is 5.58. The Morgan fingerprint density at radius 2 is 1.59 bits per heavy atom. The lowest BCUT2D eigenvalue weighted by Gasteiger charge is -2.11. The summed E-state index contributed by atoms with van der Waals surface area (Å²) in [6.07, 6.45) is 0.724. The van der Waals surface area contributed by atoms with Crippen LogP contribution in [-0.2, 0) is 4.74 Å². The molecule has 0 saturated carbocycles. The average molecular weight is 372 g/mol. The van der Waals surface area contributed by atoms with E-state index in [-0.39, 0.29) is 11.8 Å². The monoisotopic (exact) mass is 372 g/mol. The number of methoxy groups -OCH3 is 3. The first kappa shape index (κ1) is 20.3. The largest absolute Gasteiger partial charge is 0.493 e. The number of carbonyl (C=O) groups excluding carboxylic acids is 2. The van der Waals surface area contributed by atoms with Crippen molar-refractivity contribution in [3.05, 3.63) is 53.6 Å². The van der Waals surface area contributed by atoms with Gasteiger partial charge in [0.15, 0.2) is 11.5 Å². The molecule has 2 rings (SSSR count). The molecule has 0 saturated heterocycles. The van der Waals surface area contributed by atoms with Crippen molar-refractivity contribution in [1.82, 2.24) is 5.32 Å². The molecule has 0 fully saturated rings. The lowest BCUT2D eigenvalue weighted by Crippen LogP contribution is -2.25. The van der Waals surface area contributed by atoms with Crippen LogP contribution in [-0.4, -0.2) is 46.3 Å². The van der Waals surface area contributed by atoms with E-state index in [1.54, 1.807) is 56.7 Å². The minimum absolute atomic E-state index is 0.230. The predicted octanol–water partition coefficient (Wildman–Crippen LogP) is 2.72. The molecule has 0 aromatic heterocycles. The van der Waals surface area contributed by atoms with Crippen molar-refractivity contribution in [2.45, 2.75) is 6.42 Å². The summed E-state index contributed by atoms with van der Waals surface area (Å²) in [5.74, 6) is 0.533. The second kappa shape index (κ2) is 10.2. The molecular weight excluding hydrogens is 348 g/mol. The van der Waals surface area contributed by atoms with Gasteiger partial charge in [-0.2, -0.15) is 0 Å². The SMILES string of the molecule is COCCCNC(=O)c1cccc(C(=O)Nc2ccc(OC)c(OC)c2)c1. The maximum atomic E-state index is 12.5. The lowest BCUT2D eigenvalue weighted by molar-refractivity contribution is 0.0948. The number of hydrogen-bond donors (Lipinski definition) is 2. The Kier molecular flexibility index (Phi) is 7.63. The summed E-state index contributed by atoms with van der Waals surface area (Å²) in [6, 6.07) is 11.6. The highest BCUT2D eigenvalue weighted by Crippen LogP contribution is 2.29. The molecule has 2 aromatic rings. The lowest BCUT2D eigenvalue weighted by atomic mass is 10.1. The first-order chi connectivity index (χ1) is 13.1. The van der Waals surface area contributed by atoms with Crippen molar-refractivity contribution in [3.63, 3.8) is 0 Å². The van der Waals surface area contributed by atoms with Crippen LogP contribution in [0.15, 0.2) is 42.5 Å². The Balaban J connectivity index is 2.05. The predicted molar refractivity (Wildman–Crippen MR) is 103 cm³/mol. The fourth-order valence-corrected chi connectivity index (χ4v) is 2.44. The van der Waals surface area contributed by atoms with E-state index in [2.05, 4.69) is 10.6 Å². The number of nitrogens with one attached hydrogen (secondary N) is 2. The van der Waals surface area contributed by atoms with Crippen molar-refractivity contribution in [2.75, 3.05) is 39.8 Å². The summed E-state index contributed by atoms with van der Waals surface area (Å²) < 4.78 is 15.4. The molecule has 0 unspecified atom stereocenters. The molecule has 144 valence electrons. The van der Waals surface area contributed by atoms with Crippen molar-refractivity contribution >= 4 is 17.5 Å². The average Bonchev–Trinajstić information content (AvgIpc) is 2.71. The van der Waals surface area contributed by atoms with Crippen molar-refractivity contribution in [1.29, 1.82) is 0 Å². The van der Waals surface area contributed by atoms with E-state index in [1.165, 1.54) is 7.11 Å². The number of carbonyl (C=O) groups is 2. The molecule has 0 aliphatic rings. The topological polar surface area (TPSA) is 85.9 Å². The van der Waals surface area contributed by atoms with Gasteiger partial charge < -0.3 is 24.8 Å². The van der Waals surface area contributed by atoms with E-state index in [9.17, 15) is 9.59 Å². The number of ether oxygens (including phenoxy) is 3. The first-order valence-corrected chi connectivity index (χ1v) is 8.49. The summed E-state index contributed by atoms with van der Waals surface area (Å²) in [7, 11) is 4.68. The van der Waals surface area contributed by atoms with Gasteiger partial charge in [0.1, 0.15) is 0 Å². The van der Waals surface area contributed by atoms with Gasteiger partial charge in [0, 0.05) is 43.1 Å². The number of rotatable bonds is 9. The van der Waals surface area contributed by atoms with Gasteiger partial charge in [-0.25, -0.2) is 0 Å². The third-order valence-electron chi connectivity index (χ3n) is 3.84. The van der Waals surface area contributed by atoms with Gasteiger partial charge in [0.2, 0.25) is 0 Å². The van der Waals surface area contributed by atoms with Crippen molar-refractivity contribution in [2.24, 2.45) is 0 Å². The summed E-state index contributed by atoms with van der Waals surface area (Å²) in [5.41, 5.74) is 1.37.